The molecule has 0 aromatic heterocycles. The lowest BCUT2D eigenvalue weighted by molar-refractivity contribution is -0.302. The summed E-state index contributed by atoms with van der Waals surface area (Å²) >= 11 is 0. The molecule has 1 fully saturated rings. The Morgan fingerprint density at radius 2 is 1.36 bits per heavy atom. The zero-order valence-electron chi connectivity index (χ0n) is 24.6. The van der Waals surface area contributed by atoms with Crippen LogP contribution in [0, 0.1) is 0 Å². The van der Waals surface area contributed by atoms with Gasteiger partial charge in [0.05, 0.1) is 9.80 Å². The van der Waals surface area contributed by atoms with Crippen molar-refractivity contribution < 1.29 is 65.5 Å². The number of hydrogen-bond acceptors (Lipinski definition) is 14. The van der Waals surface area contributed by atoms with Crippen molar-refractivity contribution in [3.63, 3.8) is 0 Å². The summed E-state index contributed by atoms with van der Waals surface area (Å²) in [6, 6.07) is 13.7. The Bertz CT molecular complexity index is 1610. The second kappa shape index (κ2) is 14.0. The summed E-state index contributed by atoms with van der Waals surface area (Å²) in [6.07, 6.45) is -8.24. The summed E-state index contributed by atoms with van der Waals surface area (Å²) in [7, 11) is -3.06. The molecule has 2 aliphatic heterocycles. The number of ether oxygens (including phenoxy) is 7. The first-order chi connectivity index (χ1) is 21.3. The molecular weight excluding hydrogens is 616 g/mol. The fraction of sp³-hybridized carbons (Fsp3) is 0.367. The Morgan fingerprint density at radius 1 is 0.778 bits per heavy atom. The predicted molar refractivity (Wildman–Crippen MR) is 151 cm³/mol. The van der Waals surface area contributed by atoms with Gasteiger partial charge in [-0.2, -0.15) is 0 Å². The molecule has 45 heavy (non-hydrogen) atoms. The number of methoxy groups -OCH3 is 1. The summed E-state index contributed by atoms with van der Waals surface area (Å²) in [5.41, 5.74) is 0.129. The molecule has 0 spiro atoms. The zero-order valence-corrected chi connectivity index (χ0v) is 25.4. The molecule has 2 aromatic rings. The van der Waals surface area contributed by atoms with Gasteiger partial charge in [-0.25, -0.2) is 13.2 Å². The minimum absolute atomic E-state index is 0.0178. The van der Waals surface area contributed by atoms with Crippen LogP contribution in [0.2, 0.25) is 0 Å². The molecule has 0 N–H and O–H groups in total. The summed E-state index contributed by atoms with van der Waals surface area (Å²) in [5, 5.41) is 0. The molecule has 0 amide bonds. The van der Waals surface area contributed by atoms with Crippen LogP contribution in [0.15, 0.2) is 64.4 Å². The maximum absolute atomic E-state index is 13.6. The number of carbonyl (C=O) groups is 5. The first-order valence-electron chi connectivity index (χ1n) is 13.5. The van der Waals surface area contributed by atoms with Gasteiger partial charge in [0.2, 0.25) is 9.84 Å². The number of fused-ring (bicyclic) bond motifs is 1. The van der Waals surface area contributed by atoms with E-state index < -0.39 is 88.5 Å². The molecule has 0 radical (unpaired) electrons. The van der Waals surface area contributed by atoms with Crippen LogP contribution in [-0.2, 0) is 57.4 Å². The number of allylic oxidation sites excluding steroid dienone is 1. The van der Waals surface area contributed by atoms with E-state index in [1.54, 1.807) is 36.4 Å². The van der Waals surface area contributed by atoms with E-state index in [4.69, 9.17) is 33.2 Å². The zero-order chi connectivity index (χ0) is 32.9. The first-order valence-corrected chi connectivity index (χ1v) is 15.0. The average Bonchev–Trinajstić information content (AvgIpc) is 2.99. The summed E-state index contributed by atoms with van der Waals surface area (Å²) in [5.74, 6) is -2.97. The van der Waals surface area contributed by atoms with Crippen molar-refractivity contribution in [2.24, 2.45) is 0 Å². The van der Waals surface area contributed by atoms with Crippen molar-refractivity contribution in [2.45, 2.75) is 56.4 Å². The number of carbonyl (C=O) groups excluding carboxylic acids is 5. The number of benzene rings is 2. The fourth-order valence-electron chi connectivity index (χ4n) is 4.96. The third-order valence-electron chi connectivity index (χ3n) is 6.73. The highest BCUT2D eigenvalue weighted by Gasteiger charge is 2.52. The van der Waals surface area contributed by atoms with E-state index in [0.717, 1.165) is 20.8 Å². The third kappa shape index (κ3) is 7.38. The molecule has 14 nitrogen and oxygen atoms in total. The molecule has 2 heterocycles. The largest absolute Gasteiger partial charge is 0.508 e. The van der Waals surface area contributed by atoms with Gasteiger partial charge >= 0.3 is 24.1 Å². The van der Waals surface area contributed by atoms with Gasteiger partial charge in [0, 0.05) is 39.0 Å². The lowest BCUT2D eigenvalue weighted by Gasteiger charge is -2.43. The Labute approximate surface area is 258 Å². The lowest BCUT2D eigenvalue weighted by atomic mass is 9.96. The standard InChI is InChI=1S/C30H30O14S/c1-16(31)41-26-21(44-29(38-4)28(43-18(3)33)27(26)42-17(2)32)14-39-30(35)40-15-23-24(19-10-6-5-7-11-19)25(34)20-12-8-9-13-22(20)45(23,36)37/h5-13,21,26-29H,14-15H2,1-4H3/t21-,26-,27+,28-,29+/m1/s1. The summed E-state index contributed by atoms with van der Waals surface area (Å²) in [4.78, 5) is 61.1. The third-order valence-corrected chi connectivity index (χ3v) is 8.64. The SMILES string of the molecule is CO[C@H]1O[C@H](COC(=O)OCC2=C(c3ccccc3)C(=O)c3ccccc3S2(=O)=O)[C@@H](OC(C)=O)[C@H](OC(C)=O)[C@H]1OC(C)=O. The second-order valence-corrected chi connectivity index (χ2v) is 11.8. The topological polar surface area (TPSA) is 184 Å². The number of Topliss-reactive ketones (excluding diaryl/α,β-unsaturated/α-hetero) is 1. The van der Waals surface area contributed by atoms with Crippen LogP contribution in [0.3, 0.4) is 0 Å². The van der Waals surface area contributed by atoms with Crippen LogP contribution in [0.4, 0.5) is 4.79 Å². The average molecular weight is 647 g/mol. The summed E-state index contributed by atoms with van der Waals surface area (Å²) < 4.78 is 64.3. The predicted octanol–water partition coefficient (Wildman–Crippen LogP) is 2.39. The van der Waals surface area contributed by atoms with E-state index in [1.807, 2.05) is 0 Å². The number of sulfone groups is 1. The van der Waals surface area contributed by atoms with E-state index in [1.165, 1.54) is 25.3 Å². The van der Waals surface area contributed by atoms with Crippen molar-refractivity contribution in [1.82, 2.24) is 0 Å². The van der Waals surface area contributed by atoms with Gasteiger partial charge in [0.25, 0.3) is 0 Å². The minimum atomic E-state index is -4.27. The minimum Gasteiger partial charge on any atom is -0.455 e. The maximum atomic E-state index is 13.6. The second-order valence-electron chi connectivity index (χ2n) is 9.84. The van der Waals surface area contributed by atoms with Crippen LogP contribution in [-0.4, -0.2) is 89.3 Å². The molecule has 5 atom stereocenters. The van der Waals surface area contributed by atoms with Gasteiger partial charge in [-0.3, -0.25) is 19.2 Å². The van der Waals surface area contributed by atoms with Gasteiger partial charge < -0.3 is 33.2 Å². The van der Waals surface area contributed by atoms with Crippen molar-refractivity contribution in [3.8, 4) is 0 Å². The van der Waals surface area contributed by atoms with Crippen LogP contribution in [0.5, 0.6) is 0 Å². The number of hydrogen-bond donors (Lipinski definition) is 0. The molecule has 0 bridgehead atoms. The first kappa shape index (κ1) is 33.3. The molecule has 0 saturated carbocycles. The highest BCUT2D eigenvalue weighted by Crippen LogP contribution is 2.38. The fourth-order valence-corrected chi connectivity index (χ4v) is 6.63. The molecule has 15 heteroatoms. The Balaban J connectivity index is 1.57. The van der Waals surface area contributed by atoms with Crippen LogP contribution >= 0.6 is 0 Å². The van der Waals surface area contributed by atoms with E-state index in [2.05, 4.69) is 0 Å². The van der Waals surface area contributed by atoms with Gasteiger partial charge in [0.15, 0.2) is 30.4 Å². The molecule has 2 aliphatic rings. The number of rotatable bonds is 9. The molecule has 0 aliphatic carbocycles. The van der Waals surface area contributed by atoms with Gasteiger partial charge in [-0.05, 0) is 17.7 Å². The van der Waals surface area contributed by atoms with Gasteiger partial charge in [-0.1, -0.05) is 42.5 Å². The van der Waals surface area contributed by atoms with Gasteiger partial charge in [0.1, 0.15) is 19.3 Å². The van der Waals surface area contributed by atoms with Crippen LogP contribution < -0.4 is 0 Å². The van der Waals surface area contributed by atoms with Crippen LogP contribution in [0.25, 0.3) is 5.57 Å². The highest BCUT2D eigenvalue weighted by atomic mass is 32.2. The molecule has 1 saturated heterocycles. The molecular formula is C30H30O14S. The van der Waals surface area contributed by atoms with Crippen molar-refractivity contribution in [1.29, 1.82) is 0 Å². The van der Waals surface area contributed by atoms with E-state index >= 15 is 0 Å². The maximum Gasteiger partial charge on any atom is 0.508 e. The van der Waals surface area contributed by atoms with Gasteiger partial charge in [-0.15, -0.1) is 0 Å². The Hall–Kier alpha value is -4.60. The lowest BCUT2D eigenvalue weighted by Crippen LogP contribution is -2.62. The van der Waals surface area contributed by atoms with E-state index in [9.17, 15) is 32.4 Å². The normalized spacial score (nSPS) is 23.7. The molecule has 240 valence electrons. The smallest absolute Gasteiger partial charge is 0.455 e. The van der Waals surface area contributed by atoms with Crippen LogP contribution in [0.1, 0.15) is 36.7 Å². The quantitative estimate of drug-likeness (QED) is 0.286. The van der Waals surface area contributed by atoms with Crippen molar-refractivity contribution in [2.75, 3.05) is 20.3 Å². The molecule has 0 unspecified atom stereocenters. The van der Waals surface area contributed by atoms with Crippen molar-refractivity contribution in [3.05, 3.63) is 70.6 Å². The van der Waals surface area contributed by atoms with E-state index in [0.29, 0.717) is 5.56 Å². The molecule has 4 rings (SSSR count). The Kier molecular flexibility index (Phi) is 10.4. The number of ketones is 1. The van der Waals surface area contributed by atoms with E-state index in [-0.39, 0.29) is 16.0 Å². The summed E-state index contributed by atoms with van der Waals surface area (Å²) in [6.45, 7) is 1.73. The molecule has 2 aromatic carbocycles. The number of esters is 3. The monoisotopic (exact) mass is 646 g/mol. The Morgan fingerprint density at radius 3 is 1.98 bits per heavy atom. The van der Waals surface area contributed by atoms with Crippen molar-refractivity contribution >= 4 is 45.3 Å². The highest BCUT2D eigenvalue weighted by molar-refractivity contribution is 7.95.